The number of hydrogen-bond acceptors (Lipinski definition) is 3. The lowest BCUT2D eigenvalue weighted by Crippen LogP contribution is -2.35. The Labute approximate surface area is 82.5 Å². The van der Waals surface area contributed by atoms with Crippen molar-refractivity contribution in [2.45, 2.75) is 6.54 Å². The molecule has 2 heterocycles. The summed E-state index contributed by atoms with van der Waals surface area (Å²) in [7, 11) is 0. The van der Waals surface area contributed by atoms with E-state index in [9.17, 15) is 4.39 Å². The summed E-state index contributed by atoms with van der Waals surface area (Å²) in [4.78, 5) is 6.27. The predicted octanol–water partition coefficient (Wildman–Crippen LogP) is 1.05. The minimum Gasteiger partial charge on any atom is -0.379 e. The van der Waals surface area contributed by atoms with Crippen LogP contribution in [0.4, 0.5) is 4.39 Å². The van der Waals surface area contributed by atoms with Crippen LogP contribution in [0.15, 0.2) is 18.3 Å². The first-order chi connectivity index (χ1) is 6.84. The number of morpholine rings is 1. The first-order valence-corrected chi connectivity index (χ1v) is 4.75. The van der Waals surface area contributed by atoms with Crippen LogP contribution in [0.1, 0.15) is 5.69 Å². The van der Waals surface area contributed by atoms with E-state index in [1.54, 1.807) is 6.07 Å². The minimum atomic E-state index is -0.282. The molecule has 4 heteroatoms. The molecule has 0 saturated carbocycles. The molecule has 0 N–H and O–H groups in total. The van der Waals surface area contributed by atoms with Crippen molar-refractivity contribution >= 4 is 0 Å². The molecule has 1 aromatic rings. The van der Waals surface area contributed by atoms with Crippen molar-refractivity contribution in [1.82, 2.24) is 9.88 Å². The average molecular weight is 196 g/mol. The third-order valence-corrected chi connectivity index (χ3v) is 2.28. The molecule has 0 bridgehead atoms. The summed E-state index contributed by atoms with van der Waals surface area (Å²) in [5.41, 5.74) is 0.910. The monoisotopic (exact) mass is 196 g/mol. The summed E-state index contributed by atoms with van der Waals surface area (Å²) in [5, 5.41) is 0. The maximum atomic E-state index is 12.6. The number of aromatic nitrogens is 1. The van der Waals surface area contributed by atoms with E-state index < -0.39 is 0 Å². The Bertz CT molecular complexity index is 283. The van der Waals surface area contributed by atoms with Gasteiger partial charge in [-0.3, -0.25) is 9.88 Å². The summed E-state index contributed by atoms with van der Waals surface area (Å²) in [5.74, 6) is -0.282. The highest BCUT2D eigenvalue weighted by molar-refractivity contribution is 5.05. The first-order valence-electron chi connectivity index (χ1n) is 4.75. The second kappa shape index (κ2) is 4.48. The van der Waals surface area contributed by atoms with E-state index >= 15 is 0 Å². The lowest BCUT2D eigenvalue weighted by atomic mass is 10.3. The standard InChI is InChI=1S/C10H13FN2O/c11-9-1-2-10(12-7-9)8-13-3-5-14-6-4-13/h1-2,7H,3-6,8H2. The first kappa shape index (κ1) is 9.55. The highest BCUT2D eigenvalue weighted by Gasteiger charge is 2.10. The average Bonchev–Trinajstić information content (AvgIpc) is 2.23. The Balaban J connectivity index is 1.92. The molecule has 0 aliphatic carbocycles. The number of rotatable bonds is 2. The highest BCUT2D eigenvalue weighted by Crippen LogP contribution is 2.05. The van der Waals surface area contributed by atoms with Gasteiger partial charge in [0.1, 0.15) is 5.82 Å². The van der Waals surface area contributed by atoms with Crippen LogP contribution >= 0.6 is 0 Å². The van der Waals surface area contributed by atoms with Gasteiger partial charge in [-0.25, -0.2) is 4.39 Å². The number of pyridine rings is 1. The van der Waals surface area contributed by atoms with Crippen LogP contribution in [0.2, 0.25) is 0 Å². The Kier molecular flexibility index (Phi) is 3.06. The predicted molar refractivity (Wildman–Crippen MR) is 50.3 cm³/mol. The van der Waals surface area contributed by atoms with Crippen LogP contribution in [0.25, 0.3) is 0 Å². The Morgan fingerprint density at radius 1 is 1.36 bits per heavy atom. The molecule has 2 rings (SSSR count). The molecule has 0 unspecified atom stereocenters. The van der Waals surface area contributed by atoms with E-state index in [4.69, 9.17) is 4.74 Å². The zero-order chi connectivity index (χ0) is 9.80. The molecule has 76 valence electrons. The molecule has 1 aliphatic rings. The van der Waals surface area contributed by atoms with Crippen LogP contribution < -0.4 is 0 Å². The summed E-state index contributed by atoms with van der Waals surface area (Å²) in [6, 6.07) is 3.17. The number of nitrogens with zero attached hydrogens (tertiary/aromatic N) is 2. The maximum absolute atomic E-state index is 12.6. The van der Waals surface area contributed by atoms with Gasteiger partial charge in [0.05, 0.1) is 25.1 Å². The molecule has 14 heavy (non-hydrogen) atoms. The molecule has 0 atom stereocenters. The van der Waals surface area contributed by atoms with Gasteiger partial charge < -0.3 is 4.74 Å². The van der Waals surface area contributed by atoms with Gasteiger partial charge in [-0.05, 0) is 12.1 Å². The third kappa shape index (κ3) is 2.49. The molecule has 0 amide bonds. The fourth-order valence-corrected chi connectivity index (χ4v) is 1.49. The summed E-state index contributed by atoms with van der Waals surface area (Å²) in [6.45, 7) is 4.20. The molecule has 1 saturated heterocycles. The Morgan fingerprint density at radius 2 is 2.14 bits per heavy atom. The second-order valence-electron chi connectivity index (χ2n) is 3.36. The van der Waals surface area contributed by atoms with Gasteiger partial charge in [0.15, 0.2) is 0 Å². The summed E-state index contributed by atoms with van der Waals surface area (Å²) < 4.78 is 17.8. The Hall–Kier alpha value is -1.00. The van der Waals surface area contributed by atoms with Crippen LogP contribution in [0.5, 0.6) is 0 Å². The van der Waals surface area contributed by atoms with Gasteiger partial charge in [0.2, 0.25) is 0 Å². The number of halogens is 1. The van der Waals surface area contributed by atoms with Crippen molar-refractivity contribution in [3.63, 3.8) is 0 Å². The van der Waals surface area contributed by atoms with E-state index in [-0.39, 0.29) is 5.82 Å². The molecule has 0 spiro atoms. The van der Waals surface area contributed by atoms with Crippen LogP contribution in [0, 0.1) is 5.82 Å². The van der Waals surface area contributed by atoms with Crippen molar-refractivity contribution in [2.75, 3.05) is 26.3 Å². The zero-order valence-electron chi connectivity index (χ0n) is 7.95. The van der Waals surface area contributed by atoms with E-state index in [0.29, 0.717) is 0 Å². The molecule has 3 nitrogen and oxygen atoms in total. The fraction of sp³-hybridized carbons (Fsp3) is 0.500. The SMILES string of the molecule is Fc1ccc(CN2CCOCC2)nc1. The van der Waals surface area contributed by atoms with Crippen molar-refractivity contribution in [3.8, 4) is 0 Å². The fourth-order valence-electron chi connectivity index (χ4n) is 1.49. The lowest BCUT2D eigenvalue weighted by molar-refractivity contribution is 0.0336. The van der Waals surface area contributed by atoms with E-state index in [1.807, 2.05) is 0 Å². The second-order valence-corrected chi connectivity index (χ2v) is 3.36. The molecule has 1 aliphatic heterocycles. The van der Waals surface area contributed by atoms with Crippen LogP contribution in [-0.2, 0) is 11.3 Å². The van der Waals surface area contributed by atoms with E-state index in [0.717, 1.165) is 38.5 Å². The van der Waals surface area contributed by atoms with Crippen LogP contribution in [-0.4, -0.2) is 36.2 Å². The smallest absolute Gasteiger partial charge is 0.141 e. The van der Waals surface area contributed by atoms with Crippen LogP contribution in [0.3, 0.4) is 0 Å². The van der Waals surface area contributed by atoms with Crippen molar-refractivity contribution in [1.29, 1.82) is 0 Å². The van der Waals surface area contributed by atoms with Gasteiger partial charge in [-0.2, -0.15) is 0 Å². The maximum Gasteiger partial charge on any atom is 0.141 e. The summed E-state index contributed by atoms with van der Waals surface area (Å²) >= 11 is 0. The number of ether oxygens (including phenoxy) is 1. The quantitative estimate of drug-likeness (QED) is 0.707. The van der Waals surface area contributed by atoms with Crippen molar-refractivity contribution in [3.05, 3.63) is 29.8 Å². The largest absolute Gasteiger partial charge is 0.379 e. The molecular formula is C10H13FN2O. The minimum absolute atomic E-state index is 0.282. The van der Waals surface area contributed by atoms with Gasteiger partial charge in [0.25, 0.3) is 0 Å². The van der Waals surface area contributed by atoms with E-state index in [2.05, 4.69) is 9.88 Å². The normalized spacial score (nSPS) is 18.4. The lowest BCUT2D eigenvalue weighted by Gasteiger charge is -2.25. The molecule has 1 fully saturated rings. The van der Waals surface area contributed by atoms with E-state index in [1.165, 1.54) is 12.3 Å². The summed E-state index contributed by atoms with van der Waals surface area (Å²) in [6.07, 6.45) is 1.26. The Morgan fingerprint density at radius 3 is 2.79 bits per heavy atom. The van der Waals surface area contributed by atoms with Crippen molar-refractivity contribution < 1.29 is 9.13 Å². The third-order valence-electron chi connectivity index (χ3n) is 2.28. The topological polar surface area (TPSA) is 25.4 Å². The molecular weight excluding hydrogens is 183 g/mol. The molecule has 0 aromatic carbocycles. The van der Waals surface area contributed by atoms with Crippen molar-refractivity contribution in [2.24, 2.45) is 0 Å². The van der Waals surface area contributed by atoms with Gasteiger partial charge >= 0.3 is 0 Å². The molecule has 1 aromatic heterocycles. The highest BCUT2D eigenvalue weighted by atomic mass is 19.1. The van der Waals surface area contributed by atoms with Gasteiger partial charge in [-0.15, -0.1) is 0 Å². The zero-order valence-corrected chi connectivity index (χ0v) is 7.95. The van der Waals surface area contributed by atoms with Gasteiger partial charge in [-0.1, -0.05) is 0 Å². The number of hydrogen-bond donors (Lipinski definition) is 0. The molecule has 0 radical (unpaired) electrons. The van der Waals surface area contributed by atoms with Gasteiger partial charge in [0, 0.05) is 19.6 Å².